The molecule has 0 fully saturated rings. The second-order valence-electron chi connectivity index (χ2n) is 6.34. The molecule has 12 heteroatoms. The first kappa shape index (κ1) is 19.9. The van der Waals surface area contributed by atoms with Gasteiger partial charge in [-0.1, -0.05) is 34.6 Å². The number of carbonyl (C=O) groups is 1. The molecule has 1 atom stereocenters. The minimum atomic E-state index is -0.649. The number of azo groups is 1. The number of hydrogen-bond donors (Lipinski definition) is 0. The third kappa shape index (κ3) is 3.75. The number of anilines is 1. The summed E-state index contributed by atoms with van der Waals surface area (Å²) in [5.74, 6) is 1.52. The molecule has 31 heavy (non-hydrogen) atoms. The van der Waals surface area contributed by atoms with E-state index in [0.717, 1.165) is 4.88 Å². The van der Waals surface area contributed by atoms with E-state index < -0.39 is 6.17 Å². The van der Waals surface area contributed by atoms with Crippen LogP contribution in [0.5, 0.6) is 5.75 Å². The maximum Gasteiger partial charge on any atom is 0.266 e. The van der Waals surface area contributed by atoms with Gasteiger partial charge >= 0.3 is 0 Å². The second kappa shape index (κ2) is 8.25. The number of benzene rings is 1. The van der Waals surface area contributed by atoms with Gasteiger partial charge < -0.3 is 9.26 Å². The maximum atomic E-state index is 13.2. The van der Waals surface area contributed by atoms with Gasteiger partial charge in [-0.15, -0.1) is 11.3 Å². The second-order valence-corrected chi connectivity index (χ2v) is 8.64. The predicted molar refractivity (Wildman–Crippen MR) is 119 cm³/mol. The van der Waals surface area contributed by atoms with Crippen LogP contribution in [-0.2, 0) is 10.5 Å². The highest BCUT2D eigenvalue weighted by molar-refractivity contribution is 8.13. The van der Waals surface area contributed by atoms with Crippen LogP contribution in [0.15, 0.2) is 67.2 Å². The van der Waals surface area contributed by atoms with Gasteiger partial charge in [0.05, 0.1) is 40.2 Å². The minimum Gasteiger partial charge on any atom is -0.495 e. The lowest BCUT2D eigenvalue weighted by Crippen LogP contribution is -2.42. The van der Waals surface area contributed by atoms with Crippen LogP contribution in [0.1, 0.15) is 5.89 Å². The molecule has 0 saturated carbocycles. The van der Waals surface area contributed by atoms with E-state index in [2.05, 4.69) is 25.4 Å². The van der Waals surface area contributed by atoms with E-state index in [4.69, 9.17) is 20.9 Å². The number of methoxy groups -OCH3 is 1. The van der Waals surface area contributed by atoms with Gasteiger partial charge in [0.25, 0.3) is 5.91 Å². The molecule has 0 saturated heterocycles. The highest BCUT2D eigenvalue weighted by Crippen LogP contribution is 2.35. The van der Waals surface area contributed by atoms with Gasteiger partial charge in [-0.3, -0.25) is 9.69 Å². The highest BCUT2D eigenvalue weighted by atomic mass is 35.5. The number of aliphatic imine (C=N–C) groups is 1. The monoisotopic (exact) mass is 472 g/mol. The summed E-state index contributed by atoms with van der Waals surface area (Å²) in [5.41, 5.74) is 0.951. The molecule has 156 valence electrons. The smallest absolute Gasteiger partial charge is 0.266 e. The lowest BCUT2D eigenvalue weighted by Gasteiger charge is -2.29. The van der Waals surface area contributed by atoms with Crippen LogP contribution in [0.2, 0.25) is 5.02 Å². The summed E-state index contributed by atoms with van der Waals surface area (Å²) < 4.78 is 10.6. The molecule has 2 aliphatic heterocycles. The Balaban J connectivity index is 1.43. The fourth-order valence-corrected chi connectivity index (χ4v) is 4.76. The van der Waals surface area contributed by atoms with Crippen molar-refractivity contribution in [2.24, 2.45) is 15.2 Å². The fraction of sp³-hybridized carbons (Fsp3) is 0.158. The molecule has 0 N–H and O–H groups in total. The zero-order chi connectivity index (χ0) is 21.4. The van der Waals surface area contributed by atoms with Crippen molar-refractivity contribution in [1.82, 2.24) is 10.1 Å². The Morgan fingerprint density at radius 3 is 3.03 bits per heavy atom. The molecule has 0 aliphatic carbocycles. The first-order chi connectivity index (χ1) is 15.1. The topological polar surface area (TPSA) is 106 Å². The van der Waals surface area contributed by atoms with Crippen LogP contribution in [0.4, 0.5) is 5.69 Å². The van der Waals surface area contributed by atoms with E-state index in [1.165, 1.54) is 41.3 Å². The molecule has 2 aromatic heterocycles. The summed E-state index contributed by atoms with van der Waals surface area (Å²) in [6.45, 7) is 0. The summed E-state index contributed by atoms with van der Waals surface area (Å²) in [5, 5.41) is 14.6. The molecule has 5 rings (SSSR count). The number of rotatable bonds is 5. The number of fused-ring (bicyclic) bond motifs is 1. The molecule has 0 radical (unpaired) electrons. The average molecular weight is 473 g/mol. The molecule has 0 bridgehead atoms. The third-order valence-electron chi connectivity index (χ3n) is 4.45. The fourth-order valence-electron chi connectivity index (χ4n) is 3.00. The standard InChI is InChI=1S/C19H13ClN6O3S2/c1-28-13-5-4-10(7-12(13)20)26-18(27)11-8-21-24-16(11)23-19(26)31-9-15-22-17(25-29-15)14-3-2-6-30-14/h2-8,16H,9H2,1H3. The van der Waals surface area contributed by atoms with Gasteiger partial charge in [-0.25, -0.2) is 4.99 Å². The largest absolute Gasteiger partial charge is 0.495 e. The maximum absolute atomic E-state index is 13.2. The minimum absolute atomic E-state index is 0.265. The van der Waals surface area contributed by atoms with Crippen LogP contribution < -0.4 is 9.64 Å². The number of hydrogen-bond acceptors (Lipinski definition) is 10. The number of thioether (sulfide) groups is 1. The molecule has 1 aromatic carbocycles. The van der Waals surface area contributed by atoms with Crippen molar-refractivity contribution in [2.75, 3.05) is 12.0 Å². The van der Waals surface area contributed by atoms with Gasteiger partial charge in [-0.2, -0.15) is 15.2 Å². The first-order valence-corrected chi connectivity index (χ1v) is 11.2. The molecule has 4 heterocycles. The number of halogens is 1. The molecule has 0 spiro atoms. The Morgan fingerprint density at radius 1 is 1.35 bits per heavy atom. The Kier molecular flexibility index (Phi) is 5.30. The molecular weight excluding hydrogens is 460 g/mol. The number of aromatic nitrogens is 2. The number of thiophene rings is 1. The van der Waals surface area contributed by atoms with Crippen molar-refractivity contribution in [3.8, 4) is 16.5 Å². The van der Waals surface area contributed by atoms with Crippen LogP contribution in [-0.4, -0.2) is 34.5 Å². The third-order valence-corrected chi connectivity index (χ3v) is 6.55. The van der Waals surface area contributed by atoms with Gasteiger partial charge in [-0.05, 0) is 29.6 Å². The predicted octanol–water partition coefficient (Wildman–Crippen LogP) is 4.77. The number of amidine groups is 1. The number of amides is 1. The average Bonchev–Trinajstić information content (AvgIpc) is 3.53. The number of nitrogens with zero attached hydrogens (tertiary/aromatic N) is 6. The summed E-state index contributed by atoms with van der Waals surface area (Å²) in [4.78, 5) is 24.6. The SMILES string of the molecule is COc1ccc(N2C(=O)C3=CN=NC3N=C2SCc2nc(-c3cccs3)no2)cc1Cl. The lowest BCUT2D eigenvalue weighted by molar-refractivity contribution is -0.114. The molecule has 2 aliphatic rings. The zero-order valence-electron chi connectivity index (χ0n) is 15.9. The zero-order valence-corrected chi connectivity index (χ0v) is 18.3. The van der Waals surface area contributed by atoms with E-state index in [0.29, 0.717) is 44.7 Å². The molecular formula is C19H13ClN6O3S2. The van der Waals surface area contributed by atoms with Gasteiger partial charge in [0.2, 0.25) is 11.7 Å². The van der Waals surface area contributed by atoms with Crippen molar-refractivity contribution in [1.29, 1.82) is 0 Å². The van der Waals surface area contributed by atoms with E-state index in [9.17, 15) is 4.79 Å². The number of ether oxygens (including phenoxy) is 1. The van der Waals surface area contributed by atoms with Crippen LogP contribution in [0.25, 0.3) is 10.7 Å². The quantitative estimate of drug-likeness (QED) is 0.529. The van der Waals surface area contributed by atoms with E-state index >= 15 is 0 Å². The van der Waals surface area contributed by atoms with Gasteiger partial charge in [0.1, 0.15) is 5.75 Å². The lowest BCUT2D eigenvalue weighted by atomic mass is 10.1. The Morgan fingerprint density at radius 2 is 2.26 bits per heavy atom. The van der Waals surface area contributed by atoms with E-state index in [1.807, 2.05) is 17.5 Å². The molecule has 1 amide bonds. The van der Waals surface area contributed by atoms with Crippen LogP contribution in [0.3, 0.4) is 0 Å². The van der Waals surface area contributed by atoms with Crippen LogP contribution in [0, 0.1) is 0 Å². The first-order valence-electron chi connectivity index (χ1n) is 8.99. The highest BCUT2D eigenvalue weighted by Gasteiger charge is 2.37. The Labute approximate surface area is 189 Å². The van der Waals surface area contributed by atoms with Gasteiger partial charge in [0.15, 0.2) is 11.3 Å². The number of carbonyl (C=O) groups excluding carboxylic acids is 1. The normalized spacial score (nSPS) is 17.5. The van der Waals surface area contributed by atoms with Crippen molar-refractivity contribution in [2.45, 2.75) is 11.9 Å². The Bertz CT molecular complexity index is 1240. The van der Waals surface area contributed by atoms with Crippen molar-refractivity contribution in [3.63, 3.8) is 0 Å². The molecule has 3 aromatic rings. The molecule has 1 unspecified atom stereocenters. The van der Waals surface area contributed by atoms with E-state index in [1.54, 1.807) is 18.2 Å². The van der Waals surface area contributed by atoms with Crippen LogP contribution >= 0.6 is 34.7 Å². The summed E-state index contributed by atoms with van der Waals surface area (Å²) in [6, 6.07) is 8.93. The molecule has 9 nitrogen and oxygen atoms in total. The summed E-state index contributed by atoms with van der Waals surface area (Å²) >= 11 is 9.11. The summed E-state index contributed by atoms with van der Waals surface area (Å²) in [7, 11) is 1.53. The van der Waals surface area contributed by atoms with Crippen molar-refractivity contribution >= 4 is 51.5 Å². The summed E-state index contributed by atoms with van der Waals surface area (Å²) in [6.07, 6.45) is 0.783. The van der Waals surface area contributed by atoms with Crippen molar-refractivity contribution in [3.05, 3.63) is 58.4 Å². The Hall–Kier alpha value is -3.02. The van der Waals surface area contributed by atoms with Gasteiger partial charge in [0, 0.05) is 0 Å². The van der Waals surface area contributed by atoms with E-state index in [-0.39, 0.29) is 5.91 Å². The van der Waals surface area contributed by atoms with Crippen molar-refractivity contribution < 1.29 is 14.1 Å².